The Morgan fingerprint density at radius 2 is 2.44 bits per heavy atom. The van der Waals surface area contributed by atoms with E-state index in [-0.39, 0.29) is 5.91 Å². The molecule has 1 N–H and O–H groups in total. The number of aryl methyl sites for hydroxylation is 2. The smallest absolute Gasteiger partial charge is 0.286 e. The van der Waals surface area contributed by atoms with Crippen LogP contribution in [0.3, 0.4) is 0 Å². The van der Waals surface area contributed by atoms with Gasteiger partial charge in [-0.05, 0) is 41.4 Å². The molecule has 2 aromatic rings. The monoisotopic (exact) mass is 311 g/mol. The van der Waals surface area contributed by atoms with E-state index < -0.39 is 0 Å². The molecule has 0 spiro atoms. The number of hydrogen-bond donors (Lipinski definition) is 1. The Kier molecular flexibility index (Phi) is 4.19. The van der Waals surface area contributed by atoms with Crippen molar-refractivity contribution in [2.45, 2.75) is 19.9 Å². The fraction of sp³-hybridized carbons (Fsp3) is 0.333. The lowest BCUT2D eigenvalue weighted by Gasteiger charge is -2.03. The SMILES string of the molecule is Cc1nn(CCCNC(=O)c2ccco2)cc1Br. The number of carbonyl (C=O) groups is 1. The molecule has 2 rings (SSSR count). The van der Waals surface area contributed by atoms with Crippen molar-refractivity contribution in [1.82, 2.24) is 15.1 Å². The minimum Gasteiger partial charge on any atom is -0.459 e. The minimum atomic E-state index is -0.183. The molecule has 0 aliphatic heterocycles. The van der Waals surface area contributed by atoms with Gasteiger partial charge in [-0.15, -0.1) is 0 Å². The van der Waals surface area contributed by atoms with Crippen LogP contribution in [0, 0.1) is 6.92 Å². The maximum atomic E-state index is 11.5. The van der Waals surface area contributed by atoms with Crippen molar-refractivity contribution in [1.29, 1.82) is 0 Å². The van der Waals surface area contributed by atoms with Crippen LogP contribution in [0.15, 0.2) is 33.5 Å². The van der Waals surface area contributed by atoms with Gasteiger partial charge in [0.25, 0.3) is 5.91 Å². The van der Waals surface area contributed by atoms with Gasteiger partial charge in [0.1, 0.15) is 0 Å². The van der Waals surface area contributed by atoms with E-state index in [4.69, 9.17) is 4.42 Å². The van der Waals surface area contributed by atoms with E-state index >= 15 is 0 Å². The van der Waals surface area contributed by atoms with Crippen molar-refractivity contribution >= 4 is 21.8 Å². The van der Waals surface area contributed by atoms with Crippen molar-refractivity contribution in [3.05, 3.63) is 40.5 Å². The van der Waals surface area contributed by atoms with Gasteiger partial charge in [-0.3, -0.25) is 9.48 Å². The summed E-state index contributed by atoms with van der Waals surface area (Å²) in [5, 5.41) is 7.11. The van der Waals surface area contributed by atoms with Crippen LogP contribution in [-0.4, -0.2) is 22.2 Å². The average molecular weight is 312 g/mol. The van der Waals surface area contributed by atoms with Gasteiger partial charge in [0.2, 0.25) is 0 Å². The molecule has 18 heavy (non-hydrogen) atoms. The molecule has 2 heterocycles. The number of amides is 1. The van der Waals surface area contributed by atoms with Gasteiger partial charge in [0.15, 0.2) is 5.76 Å². The van der Waals surface area contributed by atoms with Crippen molar-refractivity contribution in [3.8, 4) is 0 Å². The first-order valence-corrected chi connectivity index (χ1v) is 6.47. The van der Waals surface area contributed by atoms with Crippen LogP contribution < -0.4 is 5.32 Å². The summed E-state index contributed by atoms with van der Waals surface area (Å²) in [5.41, 5.74) is 0.967. The molecule has 0 aliphatic carbocycles. The van der Waals surface area contributed by atoms with Gasteiger partial charge in [-0.1, -0.05) is 0 Å². The number of aromatic nitrogens is 2. The number of hydrogen-bond acceptors (Lipinski definition) is 3. The third-order valence-electron chi connectivity index (χ3n) is 2.48. The van der Waals surface area contributed by atoms with Crippen LogP contribution in [0.2, 0.25) is 0 Å². The summed E-state index contributed by atoms with van der Waals surface area (Å²) in [5.74, 6) is 0.158. The Labute approximate surface area is 113 Å². The lowest BCUT2D eigenvalue weighted by molar-refractivity contribution is 0.0925. The molecule has 96 valence electrons. The van der Waals surface area contributed by atoms with Gasteiger partial charge >= 0.3 is 0 Å². The molecule has 6 heteroatoms. The Balaban J connectivity index is 1.72. The van der Waals surface area contributed by atoms with Gasteiger partial charge in [-0.25, -0.2) is 0 Å². The zero-order valence-corrected chi connectivity index (χ0v) is 11.6. The van der Waals surface area contributed by atoms with Crippen LogP contribution in [0.5, 0.6) is 0 Å². The van der Waals surface area contributed by atoms with Gasteiger partial charge in [0, 0.05) is 19.3 Å². The second-order valence-corrected chi connectivity index (χ2v) is 4.77. The number of carbonyl (C=O) groups excluding carboxylic acids is 1. The summed E-state index contributed by atoms with van der Waals surface area (Å²) in [7, 11) is 0. The van der Waals surface area contributed by atoms with Crippen LogP contribution in [0.1, 0.15) is 22.7 Å². The van der Waals surface area contributed by atoms with Crippen molar-refractivity contribution < 1.29 is 9.21 Å². The molecule has 0 aromatic carbocycles. The normalized spacial score (nSPS) is 10.6. The third kappa shape index (κ3) is 3.22. The second-order valence-electron chi connectivity index (χ2n) is 3.91. The topological polar surface area (TPSA) is 60.1 Å². The van der Waals surface area contributed by atoms with Crippen LogP contribution in [0.25, 0.3) is 0 Å². The molecule has 5 nitrogen and oxygen atoms in total. The molecule has 0 saturated heterocycles. The number of halogens is 1. The predicted molar refractivity (Wildman–Crippen MR) is 70.3 cm³/mol. The molecule has 0 bridgehead atoms. The van der Waals surface area contributed by atoms with E-state index in [0.29, 0.717) is 12.3 Å². The molecule has 0 unspecified atom stereocenters. The highest BCUT2D eigenvalue weighted by molar-refractivity contribution is 9.10. The average Bonchev–Trinajstić information content (AvgIpc) is 2.96. The van der Waals surface area contributed by atoms with Crippen LogP contribution in [0.4, 0.5) is 0 Å². The highest BCUT2D eigenvalue weighted by atomic mass is 79.9. The molecular formula is C12H14BrN3O2. The molecule has 0 saturated carbocycles. The lowest BCUT2D eigenvalue weighted by Crippen LogP contribution is -2.24. The maximum absolute atomic E-state index is 11.5. The molecule has 0 radical (unpaired) electrons. The minimum absolute atomic E-state index is 0.183. The van der Waals surface area contributed by atoms with E-state index in [1.165, 1.54) is 6.26 Å². The summed E-state index contributed by atoms with van der Waals surface area (Å²) in [6.07, 6.45) is 4.24. The van der Waals surface area contributed by atoms with Crippen LogP contribution in [-0.2, 0) is 6.54 Å². The summed E-state index contributed by atoms with van der Waals surface area (Å²) >= 11 is 3.41. The van der Waals surface area contributed by atoms with Crippen molar-refractivity contribution in [3.63, 3.8) is 0 Å². The molecule has 0 atom stereocenters. The van der Waals surface area contributed by atoms with Gasteiger partial charge in [0.05, 0.1) is 16.4 Å². The largest absolute Gasteiger partial charge is 0.459 e. The zero-order chi connectivity index (χ0) is 13.0. The Bertz CT molecular complexity index is 500. The molecule has 0 aliphatic rings. The molecular weight excluding hydrogens is 298 g/mol. The highest BCUT2D eigenvalue weighted by Gasteiger charge is 2.07. The van der Waals surface area contributed by atoms with E-state index in [2.05, 4.69) is 26.3 Å². The molecule has 1 amide bonds. The summed E-state index contributed by atoms with van der Waals surface area (Å²) in [6.45, 7) is 3.31. The van der Waals surface area contributed by atoms with Gasteiger partial charge < -0.3 is 9.73 Å². The molecule has 2 aromatic heterocycles. The standard InChI is InChI=1S/C12H14BrN3O2/c1-9-10(13)8-16(15-9)6-3-5-14-12(17)11-4-2-7-18-11/h2,4,7-8H,3,5-6H2,1H3,(H,14,17). The van der Waals surface area contributed by atoms with E-state index in [9.17, 15) is 4.79 Å². The van der Waals surface area contributed by atoms with Crippen LogP contribution >= 0.6 is 15.9 Å². The summed E-state index contributed by atoms with van der Waals surface area (Å²) in [6, 6.07) is 3.34. The number of nitrogens with one attached hydrogen (secondary N) is 1. The fourth-order valence-electron chi connectivity index (χ4n) is 1.55. The Morgan fingerprint density at radius 3 is 3.06 bits per heavy atom. The lowest BCUT2D eigenvalue weighted by atomic mass is 10.4. The second kappa shape index (κ2) is 5.86. The van der Waals surface area contributed by atoms with Crippen molar-refractivity contribution in [2.75, 3.05) is 6.54 Å². The van der Waals surface area contributed by atoms with Gasteiger partial charge in [-0.2, -0.15) is 5.10 Å². The fourth-order valence-corrected chi connectivity index (χ4v) is 1.86. The number of furan rings is 1. The quantitative estimate of drug-likeness (QED) is 0.862. The third-order valence-corrected chi connectivity index (χ3v) is 3.26. The van der Waals surface area contributed by atoms with Crippen molar-refractivity contribution in [2.24, 2.45) is 0 Å². The number of rotatable bonds is 5. The Morgan fingerprint density at radius 1 is 1.61 bits per heavy atom. The first-order valence-electron chi connectivity index (χ1n) is 5.68. The van der Waals surface area contributed by atoms with E-state index in [1.807, 2.05) is 17.8 Å². The predicted octanol–water partition coefficient (Wildman–Crippen LogP) is 2.37. The maximum Gasteiger partial charge on any atom is 0.286 e. The zero-order valence-electron chi connectivity index (χ0n) is 10.0. The summed E-state index contributed by atoms with van der Waals surface area (Å²) < 4.78 is 7.86. The molecule has 0 fully saturated rings. The van der Waals surface area contributed by atoms with E-state index in [0.717, 1.165) is 23.1 Å². The summed E-state index contributed by atoms with van der Waals surface area (Å²) in [4.78, 5) is 11.5. The highest BCUT2D eigenvalue weighted by Crippen LogP contribution is 2.13. The first-order chi connectivity index (χ1) is 8.66. The van der Waals surface area contributed by atoms with E-state index in [1.54, 1.807) is 12.1 Å². The Hall–Kier alpha value is -1.56. The number of nitrogens with zero attached hydrogens (tertiary/aromatic N) is 2. The first kappa shape index (κ1) is 12.9.